The van der Waals surface area contributed by atoms with Gasteiger partial charge in [0, 0.05) is 12.2 Å². The fourth-order valence-corrected chi connectivity index (χ4v) is 3.23. The van der Waals surface area contributed by atoms with Gasteiger partial charge in [0.1, 0.15) is 0 Å². The maximum Gasteiger partial charge on any atom is 0.251 e. The molecular weight excluding hydrogens is 292 g/mol. The number of ether oxygens (including phenoxy) is 1. The van der Waals surface area contributed by atoms with E-state index >= 15 is 0 Å². The van der Waals surface area contributed by atoms with Crippen LogP contribution in [0.4, 0.5) is 0 Å². The van der Waals surface area contributed by atoms with Crippen molar-refractivity contribution in [3.8, 4) is 0 Å². The van der Waals surface area contributed by atoms with Gasteiger partial charge in [0.25, 0.3) is 5.91 Å². The molecule has 1 aromatic rings. The van der Waals surface area contributed by atoms with E-state index in [9.17, 15) is 13.2 Å². The van der Waals surface area contributed by atoms with Crippen molar-refractivity contribution in [1.82, 2.24) is 5.32 Å². The Balaban J connectivity index is 2.24. The molecule has 3 N–H and O–H groups in total. The van der Waals surface area contributed by atoms with E-state index in [2.05, 4.69) is 5.32 Å². The fraction of sp³-hybridized carbons (Fsp3) is 0.500. The molecule has 1 aromatic carbocycles. The van der Waals surface area contributed by atoms with Crippen LogP contribution in [0.5, 0.6) is 0 Å². The van der Waals surface area contributed by atoms with E-state index in [0.29, 0.717) is 18.8 Å². The minimum absolute atomic E-state index is 0.0276. The van der Waals surface area contributed by atoms with Crippen molar-refractivity contribution in [3.63, 3.8) is 0 Å². The summed E-state index contributed by atoms with van der Waals surface area (Å²) in [4.78, 5) is 12.3. The van der Waals surface area contributed by atoms with Gasteiger partial charge in [-0.2, -0.15) is 0 Å². The summed E-state index contributed by atoms with van der Waals surface area (Å²) >= 11 is 0. The van der Waals surface area contributed by atoms with E-state index in [1.54, 1.807) is 19.1 Å². The number of benzene rings is 1. The van der Waals surface area contributed by atoms with Gasteiger partial charge in [-0.15, -0.1) is 0 Å². The average molecular weight is 312 g/mol. The summed E-state index contributed by atoms with van der Waals surface area (Å²) in [5.41, 5.74) is 0.361. The van der Waals surface area contributed by atoms with Gasteiger partial charge in [-0.05, 0) is 44.4 Å². The molecule has 1 saturated heterocycles. The van der Waals surface area contributed by atoms with Crippen LogP contribution in [0.3, 0.4) is 0 Å². The summed E-state index contributed by atoms with van der Waals surface area (Å²) in [5, 5.41) is 8.07. The smallest absolute Gasteiger partial charge is 0.251 e. The molecule has 0 aromatic heterocycles. The second-order valence-corrected chi connectivity index (χ2v) is 7.23. The van der Waals surface area contributed by atoms with Gasteiger partial charge < -0.3 is 10.1 Å². The summed E-state index contributed by atoms with van der Waals surface area (Å²) in [6, 6.07) is 4.48. The molecule has 0 aliphatic carbocycles. The van der Waals surface area contributed by atoms with Crippen LogP contribution >= 0.6 is 0 Å². The molecule has 1 fully saturated rings. The largest absolute Gasteiger partial charge is 0.379 e. The zero-order valence-electron chi connectivity index (χ0n) is 12.2. The predicted molar refractivity (Wildman–Crippen MR) is 78.5 cm³/mol. The Hall–Kier alpha value is -1.44. The van der Waals surface area contributed by atoms with Gasteiger partial charge in [-0.3, -0.25) is 4.79 Å². The molecule has 1 atom stereocenters. The standard InChI is InChI=1S/C14H20N2O4S/c1-10-4-5-11(8-12(10)21(15,18)19)13(17)16-14(2)6-3-7-20-9-14/h4-5,8H,3,6-7,9H2,1-2H3,(H,16,17)(H2,15,18,19). The highest BCUT2D eigenvalue weighted by Gasteiger charge is 2.30. The zero-order chi connectivity index (χ0) is 15.7. The van der Waals surface area contributed by atoms with Crippen LogP contribution in [0.15, 0.2) is 23.1 Å². The first-order valence-electron chi connectivity index (χ1n) is 6.75. The molecule has 1 amide bonds. The number of amides is 1. The first-order chi connectivity index (χ1) is 9.71. The first kappa shape index (κ1) is 15.9. The lowest BCUT2D eigenvalue weighted by atomic mass is 9.94. The van der Waals surface area contributed by atoms with Crippen LogP contribution in [0.25, 0.3) is 0 Å². The lowest BCUT2D eigenvalue weighted by molar-refractivity contribution is 0.0272. The van der Waals surface area contributed by atoms with Crippen molar-refractivity contribution >= 4 is 15.9 Å². The van der Waals surface area contributed by atoms with Gasteiger partial charge in [0.2, 0.25) is 10.0 Å². The number of carbonyl (C=O) groups is 1. The number of hydrogen-bond acceptors (Lipinski definition) is 4. The van der Waals surface area contributed by atoms with Crippen molar-refractivity contribution in [1.29, 1.82) is 0 Å². The highest BCUT2D eigenvalue weighted by molar-refractivity contribution is 7.89. The Bertz CT molecular complexity index is 649. The second kappa shape index (κ2) is 5.75. The molecule has 6 nitrogen and oxygen atoms in total. The Morgan fingerprint density at radius 2 is 2.14 bits per heavy atom. The Morgan fingerprint density at radius 3 is 2.71 bits per heavy atom. The molecule has 0 saturated carbocycles. The Morgan fingerprint density at radius 1 is 1.43 bits per heavy atom. The van der Waals surface area contributed by atoms with Crippen LogP contribution in [0.1, 0.15) is 35.7 Å². The molecular formula is C14H20N2O4S. The third-order valence-electron chi connectivity index (χ3n) is 3.61. The normalized spacial score (nSPS) is 22.8. The number of rotatable bonds is 3. The van der Waals surface area contributed by atoms with Crippen LogP contribution in [-0.2, 0) is 14.8 Å². The summed E-state index contributed by atoms with van der Waals surface area (Å²) in [7, 11) is -3.84. The molecule has 1 unspecified atom stereocenters. The van der Waals surface area contributed by atoms with E-state index < -0.39 is 15.6 Å². The van der Waals surface area contributed by atoms with Crippen molar-refractivity contribution in [2.24, 2.45) is 5.14 Å². The maximum atomic E-state index is 12.3. The molecule has 0 radical (unpaired) electrons. The van der Waals surface area contributed by atoms with Gasteiger partial charge in [0.15, 0.2) is 0 Å². The molecule has 116 valence electrons. The SMILES string of the molecule is Cc1ccc(C(=O)NC2(C)CCCOC2)cc1S(N)(=O)=O. The number of primary sulfonamides is 1. The van der Waals surface area contributed by atoms with Crippen LogP contribution in [0.2, 0.25) is 0 Å². The average Bonchev–Trinajstić information content (AvgIpc) is 2.38. The topological polar surface area (TPSA) is 98.5 Å². The lowest BCUT2D eigenvalue weighted by Crippen LogP contribution is -2.51. The third-order valence-corrected chi connectivity index (χ3v) is 4.66. The summed E-state index contributed by atoms with van der Waals surface area (Å²) < 4.78 is 28.4. The van der Waals surface area contributed by atoms with E-state index in [0.717, 1.165) is 12.8 Å². The number of nitrogens with one attached hydrogen (secondary N) is 1. The van der Waals surface area contributed by atoms with E-state index in [1.807, 2.05) is 6.92 Å². The van der Waals surface area contributed by atoms with E-state index in [4.69, 9.17) is 9.88 Å². The minimum atomic E-state index is -3.84. The number of nitrogens with two attached hydrogens (primary N) is 1. The molecule has 7 heteroatoms. The molecule has 1 aliphatic heterocycles. The van der Waals surface area contributed by atoms with Crippen molar-refractivity contribution in [2.75, 3.05) is 13.2 Å². The quantitative estimate of drug-likeness (QED) is 0.867. The zero-order valence-corrected chi connectivity index (χ0v) is 13.0. The Labute approximate surface area is 124 Å². The van der Waals surface area contributed by atoms with Gasteiger partial charge >= 0.3 is 0 Å². The summed E-state index contributed by atoms with van der Waals surface area (Å²) in [6.45, 7) is 4.70. The summed E-state index contributed by atoms with van der Waals surface area (Å²) in [6.07, 6.45) is 1.71. The Kier molecular flexibility index (Phi) is 4.36. The minimum Gasteiger partial charge on any atom is -0.379 e. The lowest BCUT2D eigenvalue weighted by Gasteiger charge is -2.34. The van der Waals surface area contributed by atoms with Crippen LogP contribution in [0, 0.1) is 6.92 Å². The molecule has 2 rings (SSSR count). The second-order valence-electron chi connectivity index (χ2n) is 5.70. The monoisotopic (exact) mass is 312 g/mol. The van der Waals surface area contributed by atoms with Crippen molar-refractivity contribution in [3.05, 3.63) is 29.3 Å². The van der Waals surface area contributed by atoms with Gasteiger partial charge in [-0.25, -0.2) is 13.6 Å². The number of hydrogen-bond donors (Lipinski definition) is 2. The maximum absolute atomic E-state index is 12.3. The molecule has 0 spiro atoms. The van der Waals surface area contributed by atoms with E-state index in [-0.39, 0.29) is 16.4 Å². The molecule has 1 heterocycles. The number of carbonyl (C=O) groups excluding carboxylic acids is 1. The predicted octanol–water partition coefficient (Wildman–Crippen LogP) is 0.941. The number of aryl methyl sites for hydroxylation is 1. The highest BCUT2D eigenvalue weighted by atomic mass is 32.2. The van der Waals surface area contributed by atoms with E-state index in [1.165, 1.54) is 6.07 Å². The third kappa shape index (κ3) is 3.81. The molecule has 1 aliphatic rings. The van der Waals surface area contributed by atoms with Crippen LogP contribution in [-0.4, -0.2) is 33.1 Å². The van der Waals surface area contributed by atoms with Gasteiger partial charge in [0.05, 0.1) is 17.0 Å². The molecule has 0 bridgehead atoms. The first-order valence-corrected chi connectivity index (χ1v) is 8.30. The highest BCUT2D eigenvalue weighted by Crippen LogP contribution is 2.20. The van der Waals surface area contributed by atoms with Crippen molar-refractivity contribution < 1.29 is 17.9 Å². The fourth-order valence-electron chi connectivity index (χ4n) is 2.43. The van der Waals surface area contributed by atoms with Crippen molar-refractivity contribution in [2.45, 2.75) is 37.1 Å². The summed E-state index contributed by atoms with van der Waals surface area (Å²) in [5.74, 6) is -0.326. The van der Waals surface area contributed by atoms with Crippen LogP contribution < -0.4 is 10.5 Å². The van der Waals surface area contributed by atoms with Gasteiger partial charge in [-0.1, -0.05) is 6.07 Å². The molecule has 21 heavy (non-hydrogen) atoms. The number of sulfonamides is 1.